The summed E-state index contributed by atoms with van der Waals surface area (Å²) in [5.74, 6) is 2.21. The molecule has 1 aromatic heterocycles. The maximum absolute atomic E-state index is 5.87. The van der Waals surface area contributed by atoms with Gasteiger partial charge >= 0.3 is 0 Å². The van der Waals surface area contributed by atoms with Crippen molar-refractivity contribution in [1.29, 1.82) is 0 Å². The molecule has 0 saturated carbocycles. The molecule has 0 aliphatic carbocycles. The first-order valence-electron chi connectivity index (χ1n) is 10.8. The standard InChI is InChI=1S/C24H36N2O/c1-4-6-8-9-10-11-19-27-22-15-13-21(14-16-22)24-25-18-17-23(26-24)20(3)12-7-5-2/h13-18,20H,4-12,19H2,1-3H3. The van der Waals surface area contributed by atoms with Crippen molar-refractivity contribution in [2.75, 3.05) is 6.61 Å². The lowest BCUT2D eigenvalue weighted by Crippen LogP contribution is -2.00. The molecular weight excluding hydrogens is 332 g/mol. The SMILES string of the molecule is CCCCCCCCOc1ccc(-c2nccc(C(C)CCCC)n2)cc1. The zero-order valence-electron chi connectivity index (χ0n) is 17.4. The van der Waals surface area contributed by atoms with E-state index in [0.717, 1.165) is 35.9 Å². The Morgan fingerprint density at radius 3 is 2.30 bits per heavy atom. The molecular formula is C24H36N2O. The molecule has 0 aliphatic heterocycles. The first-order chi connectivity index (χ1) is 13.2. The van der Waals surface area contributed by atoms with E-state index in [9.17, 15) is 0 Å². The zero-order chi connectivity index (χ0) is 19.3. The number of benzene rings is 1. The molecule has 0 fully saturated rings. The van der Waals surface area contributed by atoms with Crippen LogP contribution in [0.3, 0.4) is 0 Å². The van der Waals surface area contributed by atoms with Gasteiger partial charge in [-0.05, 0) is 49.1 Å². The fourth-order valence-electron chi connectivity index (χ4n) is 3.22. The number of unbranched alkanes of at least 4 members (excludes halogenated alkanes) is 6. The van der Waals surface area contributed by atoms with Crippen molar-refractivity contribution in [2.45, 2.75) is 84.5 Å². The van der Waals surface area contributed by atoms with Crippen molar-refractivity contribution in [1.82, 2.24) is 9.97 Å². The Morgan fingerprint density at radius 2 is 1.56 bits per heavy atom. The van der Waals surface area contributed by atoms with Crippen molar-refractivity contribution >= 4 is 0 Å². The second kappa shape index (κ2) is 12.5. The van der Waals surface area contributed by atoms with Crippen LogP contribution in [-0.4, -0.2) is 16.6 Å². The van der Waals surface area contributed by atoms with Gasteiger partial charge in [0.25, 0.3) is 0 Å². The Balaban J connectivity index is 1.84. The van der Waals surface area contributed by atoms with E-state index in [4.69, 9.17) is 9.72 Å². The Morgan fingerprint density at radius 1 is 0.852 bits per heavy atom. The molecule has 1 heterocycles. The number of ether oxygens (including phenoxy) is 1. The number of hydrogen-bond donors (Lipinski definition) is 0. The number of hydrogen-bond acceptors (Lipinski definition) is 3. The van der Waals surface area contributed by atoms with E-state index >= 15 is 0 Å². The molecule has 2 aromatic rings. The third-order valence-corrected chi connectivity index (χ3v) is 5.05. The summed E-state index contributed by atoms with van der Waals surface area (Å²) in [7, 11) is 0. The largest absolute Gasteiger partial charge is 0.494 e. The van der Waals surface area contributed by atoms with Crippen LogP contribution in [0, 0.1) is 0 Å². The van der Waals surface area contributed by atoms with E-state index in [0.29, 0.717) is 5.92 Å². The second-order valence-electron chi connectivity index (χ2n) is 7.49. The van der Waals surface area contributed by atoms with Gasteiger partial charge in [0.15, 0.2) is 5.82 Å². The van der Waals surface area contributed by atoms with Crippen LogP contribution in [0.5, 0.6) is 5.75 Å². The fourth-order valence-corrected chi connectivity index (χ4v) is 3.22. The van der Waals surface area contributed by atoms with Crippen molar-refractivity contribution in [2.24, 2.45) is 0 Å². The van der Waals surface area contributed by atoms with Gasteiger partial charge in [0, 0.05) is 17.5 Å². The molecule has 0 N–H and O–H groups in total. The van der Waals surface area contributed by atoms with Crippen molar-refractivity contribution < 1.29 is 4.74 Å². The number of aromatic nitrogens is 2. The third kappa shape index (κ3) is 7.70. The molecule has 0 bridgehead atoms. The predicted molar refractivity (Wildman–Crippen MR) is 114 cm³/mol. The van der Waals surface area contributed by atoms with Gasteiger partial charge in [0.05, 0.1) is 6.61 Å². The highest BCUT2D eigenvalue weighted by Crippen LogP contribution is 2.23. The van der Waals surface area contributed by atoms with Crippen LogP contribution in [-0.2, 0) is 0 Å². The lowest BCUT2D eigenvalue weighted by molar-refractivity contribution is 0.304. The van der Waals surface area contributed by atoms with E-state index in [1.54, 1.807) is 0 Å². The lowest BCUT2D eigenvalue weighted by Gasteiger charge is -2.11. The van der Waals surface area contributed by atoms with Crippen LogP contribution in [0.1, 0.15) is 90.2 Å². The van der Waals surface area contributed by atoms with Crippen molar-refractivity contribution in [3.63, 3.8) is 0 Å². The Kier molecular flexibility index (Phi) is 9.89. The summed E-state index contributed by atoms with van der Waals surface area (Å²) in [6.07, 6.45) is 13.2. The molecule has 3 heteroatoms. The minimum Gasteiger partial charge on any atom is -0.494 e. The minimum absolute atomic E-state index is 0.478. The van der Waals surface area contributed by atoms with Gasteiger partial charge in [-0.1, -0.05) is 65.7 Å². The summed E-state index contributed by atoms with van der Waals surface area (Å²) in [6.45, 7) is 7.53. The first kappa shape index (κ1) is 21.4. The monoisotopic (exact) mass is 368 g/mol. The highest BCUT2D eigenvalue weighted by molar-refractivity contribution is 5.56. The molecule has 27 heavy (non-hydrogen) atoms. The summed E-state index contributed by atoms with van der Waals surface area (Å²) in [6, 6.07) is 10.2. The summed E-state index contributed by atoms with van der Waals surface area (Å²) in [4.78, 5) is 9.25. The fraction of sp³-hybridized carbons (Fsp3) is 0.583. The summed E-state index contributed by atoms with van der Waals surface area (Å²) < 4.78 is 5.87. The molecule has 0 saturated heterocycles. The van der Waals surface area contributed by atoms with Crippen LogP contribution < -0.4 is 4.74 Å². The molecule has 3 nitrogen and oxygen atoms in total. The van der Waals surface area contributed by atoms with Gasteiger partial charge in [-0.2, -0.15) is 0 Å². The molecule has 0 amide bonds. The van der Waals surface area contributed by atoms with E-state index in [1.807, 2.05) is 24.4 Å². The molecule has 148 valence electrons. The highest BCUT2D eigenvalue weighted by atomic mass is 16.5. The summed E-state index contributed by atoms with van der Waals surface area (Å²) >= 11 is 0. The first-order valence-corrected chi connectivity index (χ1v) is 10.8. The van der Waals surface area contributed by atoms with Gasteiger partial charge in [-0.15, -0.1) is 0 Å². The molecule has 0 radical (unpaired) electrons. The highest BCUT2D eigenvalue weighted by Gasteiger charge is 2.09. The van der Waals surface area contributed by atoms with Gasteiger partial charge < -0.3 is 4.74 Å². The average molecular weight is 369 g/mol. The molecule has 1 atom stereocenters. The van der Waals surface area contributed by atoms with Crippen LogP contribution in [0.15, 0.2) is 36.5 Å². The summed E-state index contributed by atoms with van der Waals surface area (Å²) in [5.41, 5.74) is 2.18. The van der Waals surface area contributed by atoms with Crippen LogP contribution in [0.25, 0.3) is 11.4 Å². The van der Waals surface area contributed by atoms with E-state index in [1.165, 1.54) is 51.4 Å². The second-order valence-corrected chi connectivity index (χ2v) is 7.49. The Labute approximate surface area is 165 Å². The van der Waals surface area contributed by atoms with Gasteiger partial charge in [0.2, 0.25) is 0 Å². The zero-order valence-corrected chi connectivity index (χ0v) is 17.4. The van der Waals surface area contributed by atoms with Gasteiger partial charge in [-0.25, -0.2) is 9.97 Å². The summed E-state index contributed by atoms with van der Waals surface area (Å²) in [5, 5.41) is 0. The molecule has 0 aliphatic rings. The smallest absolute Gasteiger partial charge is 0.159 e. The maximum atomic E-state index is 5.87. The Hall–Kier alpha value is -1.90. The Bertz CT molecular complexity index is 639. The minimum atomic E-state index is 0.478. The normalized spacial score (nSPS) is 12.1. The molecule has 1 aromatic carbocycles. The molecule has 2 rings (SSSR count). The van der Waals surface area contributed by atoms with E-state index in [2.05, 4.69) is 37.9 Å². The quantitative estimate of drug-likeness (QED) is 0.351. The third-order valence-electron chi connectivity index (χ3n) is 5.05. The number of rotatable bonds is 13. The topological polar surface area (TPSA) is 35.0 Å². The van der Waals surface area contributed by atoms with Crippen LogP contribution >= 0.6 is 0 Å². The van der Waals surface area contributed by atoms with Crippen LogP contribution in [0.4, 0.5) is 0 Å². The van der Waals surface area contributed by atoms with Crippen molar-refractivity contribution in [3.8, 4) is 17.1 Å². The van der Waals surface area contributed by atoms with Crippen LogP contribution in [0.2, 0.25) is 0 Å². The van der Waals surface area contributed by atoms with E-state index < -0.39 is 0 Å². The van der Waals surface area contributed by atoms with Gasteiger partial charge in [0.1, 0.15) is 5.75 Å². The molecule has 0 spiro atoms. The van der Waals surface area contributed by atoms with E-state index in [-0.39, 0.29) is 0 Å². The predicted octanol–water partition coefficient (Wildman–Crippen LogP) is 7.18. The molecule has 1 unspecified atom stereocenters. The average Bonchev–Trinajstić information content (AvgIpc) is 2.72. The lowest BCUT2D eigenvalue weighted by atomic mass is 10.0. The number of nitrogens with zero attached hydrogens (tertiary/aromatic N) is 2. The van der Waals surface area contributed by atoms with Gasteiger partial charge in [-0.3, -0.25) is 0 Å². The maximum Gasteiger partial charge on any atom is 0.159 e. The van der Waals surface area contributed by atoms with Crippen molar-refractivity contribution in [3.05, 3.63) is 42.2 Å².